The van der Waals surface area contributed by atoms with Crippen molar-refractivity contribution < 1.29 is 37.3 Å². The van der Waals surface area contributed by atoms with Crippen molar-refractivity contribution in [1.29, 1.82) is 0 Å². The van der Waals surface area contributed by atoms with Gasteiger partial charge < -0.3 is 19.8 Å². The topological polar surface area (TPSA) is 93.6 Å². The van der Waals surface area contributed by atoms with Crippen LogP contribution in [0.5, 0.6) is 0 Å². The molecule has 6 fully saturated rings. The Kier molecular flexibility index (Phi) is 18.1. The summed E-state index contributed by atoms with van der Waals surface area (Å²) < 4.78 is 55.7. The quantitative estimate of drug-likeness (QED) is 0.0834. The molecule has 1 amide bonds. The average molecular weight is 1240 g/mol. The summed E-state index contributed by atoms with van der Waals surface area (Å²) in [5.74, 6) is -5.06. The number of benzene rings is 6. The Bertz CT molecular complexity index is 3520. The number of carboxylic acids is 1. The normalized spacial score (nSPS) is 27.8. The van der Waals surface area contributed by atoms with Crippen LogP contribution in [0.15, 0.2) is 146 Å². The third kappa shape index (κ3) is 11.9. The van der Waals surface area contributed by atoms with Crippen LogP contribution in [0.1, 0.15) is 162 Å². The molecule has 6 aromatic rings. The molecular formula is C73H88BClF4N6O4. The van der Waals surface area contributed by atoms with E-state index in [0.717, 1.165) is 50.9 Å². The Labute approximate surface area is 530 Å². The molecule has 472 valence electrons. The van der Waals surface area contributed by atoms with Gasteiger partial charge in [-0.2, -0.15) is 0 Å². The molecule has 6 aliphatic heterocycles. The Morgan fingerprint density at radius 2 is 0.910 bits per heavy atom. The van der Waals surface area contributed by atoms with E-state index in [1.807, 2.05) is 37.4 Å². The zero-order chi connectivity index (χ0) is 62.4. The van der Waals surface area contributed by atoms with Crippen molar-refractivity contribution >= 4 is 31.3 Å². The van der Waals surface area contributed by atoms with Gasteiger partial charge in [0, 0.05) is 109 Å². The number of fused-ring (bicyclic) bond motifs is 10. The molecule has 0 radical (unpaired) electrons. The van der Waals surface area contributed by atoms with Crippen molar-refractivity contribution in [2.24, 2.45) is 11.8 Å². The first-order valence-corrected chi connectivity index (χ1v) is 32.1. The number of hydrogen-bond donors (Lipinski definition) is 2. The number of likely N-dealkylation sites (tertiary alicyclic amines) is 3. The Morgan fingerprint density at radius 1 is 0.528 bits per heavy atom. The van der Waals surface area contributed by atoms with Gasteiger partial charge in [-0.15, -0.1) is 12.4 Å². The van der Waals surface area contributed by atoms with Crippen LogP contribution in [0.2, 0.25) is 6.82 Å². The highest BCUT2D eigenvalue weighted by Gasteiger charge is 2.69. The lowest BCUT2D eigenvalue weighted by Gasteiger charge is -2.43. The summed E-state index contributed by atoms with van der Waals surface area (Å²) in [6, 6.07) is 49.7. The summed E-state index contributed by atoms with van der Waals surface area (Å²) in [6.07, 6.45) is 4.16. The molecule has 14 rings (SSSR count). The number of amides is 1. The van der Waals surface area contributed by atoms with Gasteiger partial charge in [-0.25, -0.2) is 17.6 Å². The van der Waals surface area contributed by atoms with Crippen LogP contribution >= 0.6 is 12.4 Å². The zero-order valence-electron chi connectivity index (χ0n) is 53.0. The van der Waals surface area contributed by atoms with Crippen molar-refractivity contribution in [3.8, 4) is 0 Å². The number of carbonyl (C=O) groups is 2. The van der Waals surface area contributed by atoms with Crippen LogP contribution in [0.3, 0.4) is 0 Å². The van der Waals surface area contributed by atoms with Crippen LogP contribution in [0.4, 0.5) is 17.6 Å². The second-order valence-corrected chi connectivity index (χ2v) is 28.6. The lowest BCUT2D eigenvalue weighted by Crippen LogP contribution is -2.50. The second kappa shape index (κ2) is 25.0. The molecule has 6 aromatic carbocycles. The minimum Gasteiger partial charge on any atom is -0.481 e. The van der Waals surface area contributed by atoms with E-state index in [9.17, 15) is 32.9 Å². The number of nitrogens with zero attached hydrogens (tertiary/aromatic N) is 6. The van der Waals surface area contributed by atoms with Gasteiger partial charge in [-0.05, 0) is 158 Å². The fraction of sp³-hybridized carbons (Fsp3) is 0.479. The smallest absolute Gasteiger partial charge is 0.376 e. The SMILES string of the molecule is CB(O)N1CCC2(CC1)c1ccccc1[C@@H]1[C@H]2N1[C@@H](C)c1ccccc1.CC(C)(C)N1CC(C(=O)O)[C@H](c2ccc(F)cc2F)C1.C[C@@H](c1ccccc1)N1[C@@H]2c3ccccc3C3(CCN(C(=O)[C@@H]4CN(C(C)(C)C)C[C@H]4c4ccc(F)cc4F)CC3)[C@@H]21.Cl. The first kappa shape index (κ1) is 64.6. The molecule has 2 aliphatic carbocycles. The van der Waals surface area contributed by atoms with Crippen molar-refractivity contribution in [1.82, 2.24) is 29.3 Å². The monoisotopic (exact) mass is 1230 g/mol. The van der Waals surface area contributed by atoms with Crippen molar-refractivity contribution in [2.75, 3.05) is 52.4 Å². The predicted molar refractivity (Wildman–Crippen MR) is 346 cm³/mol. The van der Waals surface area contributed by atoms with E-state index < -0.39 is 41.1 Å². The van der Waals surface area contributed by atoms with Gasteiger partial charge in [-0.3, -0.25) is 29.2 Å². The number of hydrogen-bond acceptors (Lipinski definition) is 8. The minimum atomic E-state index is -0.939. The van der Waals surface area contributed by atoms with Gasteiger partial charge >= 0.3 is 13.0 Å². The maximum absolute atomic E-state index is 15.0. The summed E-state index contributed by atoms with van der Waals surface area (Å²) in [5.41, 5.74) is 9.50. The molecule has 6 saturated heterocycles. The number of carboxylic acid groups (broad SMARTS) is 1. The highest BCUT2D eigenvalue weighted by molar-refractivity contribution is 6.45. The molecule has 0 saturated carbocycles. The molecule has 10 nitrogen and oxygen atoms in total. The summed E-state index contributed by atoms with van der Waals surface area (Å²) in [7, 11) is -0.335. The van der Waals surface area contributed by atoms with Gasteiger partial charge in [0.25, 0.3) is 0 Å². The predicted octanol–water partition coefficient (Wildman–Crippen LogP) is 13.8. The fourth-order valence-electron chi connectivity index (χ4n) is 17.1. The van der Waals surface area contributed by atoms with E-state index in [4.69, 9.17) is 0 Å². The van der Waals surface area contributed by atoms with E-state index in [1.165, 1.54) is 46.5 Å². The van der Waals surface area contributed by atoms with Gasteiger partial charge in [0.05, 0.1) is 23.9 Å². The molecule has 2 spiro atoms. The van der Waals surface area contributed by atoms with Gasteiger partial charge in [-0.1, -0.05) is 121 Å². The van der Waals surface area contributed by atoms with Gasteiger partial charge in [0.1, 0.15) is 23.3 Å². The van der Waals surface area contributed by atoms with Gasteiger partial charge in [0.15, 0.2) is 0 Å². The van der Waals surface area contributed by atoms with Crippen LogP contribution in [-0.4, -0.2) is 134 Å². The maximum Gasteiger partial charge on any atom is 0.376 e. The lowest BCUT2D eigenvalue weighted by atomic mass is 9.69. The average Bonchev–Trinajstić information content (AvgIpc) is 1.51. The number of aliphatic carboxylic acids is 1. The first-order chi connectivity index (χ1) is 41.9. The van der Waals surface area contributed by atoms with E-state index in [2.05, 4.69) is 163 Å². The third-order valence-electron chi connectivity index (χ3n) is 22.0. The van der Waals surface area contributed by atoms with Crippen molar-refractivity contribution in [2.45, 2.75) is 158 Å². The Morgan fingerprint density at radius 3 is 1.30 bits per heavy atom. The summed E-state index contributed by atoms with van der Waals surface area (Å²) in [6.45, 7) is 24.3. The minimum absolute atomic E-state index is 0. The highest BCUT2D eigenvalue weighted by Crippen LogP contribution is 2.68. The summed E-state index contributed by atoms with van der Waals surface area (Å²) in [5, 5.41) is 19.3. The second-order valence-electron chi connectivity index (χ2n) is 28.6. The van der Waals surface area contributed by atoms with Crippen LogP contribution < -0.4 is 0 Å². The molecule has 89 heavy (non-hydrogen) atoms. The molecular weight excluding hydrogens is 1150 g/mol. The van der Waals surface area contributed by atoms with Crippen molar-refractivity contribution in [3.63, 3.8) is 0 Å². The molecule has 0 bridgehead atoms. The lowest BCUT2D eigenvalue weighted by molar-refractivity contribution is -0.142. The number of halogens is 5. The Balaban J connectivity index is 0.000000149. The summed E-state index contributed by atoms with van der Waals surface area (Å²) in [4.78, 5) is 39.6. The van der Waals surface area contributed by atoms with Gasteiger partial charge in [0.2, 0.25) is 5.91 Å². The van der Waals surface area contributed by atoms with E-state index in [-0.39, 0.29) is 64.7 Å². The largest absolute Gasteiger partial charge is 0.481 e. The highest BCUT2D eigenvalue weighted by atomic mass is 35.5. The standard InChI is InChI=1S/C36H41F2N3O.C22H27BN2O.C15H19F2NO2.ClH/c1-23(24-10-6-5-7-11-24)41-32-27-12-8-9-13-30(27)36(33(32)41)16-18-39(19-17-36)34(42)29-22-40(35(2,3)4)21-28(29)26-15-14-25(37)20-31(26)38;1-16(17-8-4-3-5-9-17)25-20-18-10-6-7-11-19(18)22(21(20)25)12-14-24(15-13-22)23(2)26;1-15(2,3)18-7-11(12(8-18)14(19)20)10-5-4-9(16)6-13(10)17;/h5-15,20,23,28-29,32-33H,16-19,21-22H2,1-4H3;3-11,16,20-21,26H,12-15H2,1-2H3;4-6,11-12H,7-8H2,1-3H3,(H,19,20);1H/t23-,28-,29+,32+,33+,41?;16-,20+,21+,25?;11-,12?;/m000./s1. The maximum atomic E-state index is 15.0. The number of rotatable bonds is 9. The van der Waals surface area contributed by atoms with E-state index in [1.54, 1.807) is 11.1 Å². The molecule has 3 unspecified atom stereocenters. The van der Waals surface area contributed by atoms with Crippen LogP contribution in [-0.2, 0) is 20.4 Å². The molecule has 6 heterocycles. The number of piperidine rings is 2. The molecule has 16 heteroatoms. The third-order valence-corrected chi connectivity index (χ3v) is 22.0. The fourth-order valence-corrected chi connectivity index (χ4v) is 17.1. The van der Waals surface area contributed by atoms with Crippen LogP contribution in [0.25, 0.3) is 0 Å². The Hall–Kier alpha value is -5.91. The first-order valence-electron chi connectivity index (χ1n) is 32.1. The molecule has 2 N–H and O–H groups in total. The van der Waals surface area contributed by atoms with E-state index >= 15 is 4.39 Å². The van der Waals surface area contributed by atoms with Crippen LogP contribution in [0, 0.1) is 35.1 Å². The van der Waals surface area contributed by atoms with Crippen molar-refractivity contribution in [3.05, 3.63) is 213 Å². The summed E-state index contributed by atoms with van der Waals surface area (Å²) >= 11 is 0. The molecule has 12 atom stereocenters. The molecule has 0 aromatic heterocycles. The zero-order valence-corrected chi connectivity index (χ0v) is 53.8. The number of carbonyl (C=O) groups excluding carboxylic acids is 1. The van der Waals surface area contributed by atoms with E-state index in [0.29, 0.717) is 81.1 Å². The molecule has 8 aliphatic rings.